The third-order valence-corrected chi connectivity index (χ3v) is 6.22. The Labute approximate surface area is 197 Å². The van der Waals surface area contributed by atoms with Gasteiger partial charge in [0.25, 0.3) is 5.56 Å². The standard InChI is InChI=1S/C25H26Cl2N4O/c1-14(2)21-20-23(30-29-21)28-19(13-15-9-11-16(12-10-15)25(3,4)5)31(24(20)32)22-17(26)7-6-8-18(22)27/h6-12,14H,13H2,1-5H3,(H,29,30). The van der Waals surface area contributed by atoms with Gasteiger partial charge in [0.05, 0.1) is 21.4 Å². The summed E-state index contributed by atoms with van der Waals surface area (Å²) in [5, 5.41) is 8.54. The van der Waals surface area contributed by atoms with Crippen molar-refractivity contribution in [3.8, 4) is 5.69 Å². The van der Waals surface area contributed by atoms with Crippen LogP contribution >= 0.6 is 23.2 Å². The molecule has 2 aromatic heterocycles. The van der Waals surface area contributed by atoms with E-state index in [0.29, 0.717) is 39.0 Å². The average molecular weight is 469 g/mol. The van der Waals surface area contributed by atoms with Gasteiger partial charge in [0.15, 0.2) is 5.65 Å². The first-order valence-corrected chi connectivity index (χ1v) is 11.4. The number of rotatable bonds is 4. The van der Waals surface area contributed by atoms with Gasteiger partial charge in [-0.1, -0.05) is 88.2 Å². The van der Waals surface area contributed by atoms with E-state index in [1.165, 1.54) is 10.1 Å². The van der Waals surface area contributed by atoms with E-state index in [4.69, 9.17) is 28.2 Å². The zero-order valence-corrected chi connectivity index (χ0v) is 20.3. The Kier molecular flexibility index (Phi) is 5.91. The van der Waals surface area contributed by atoms with Gasteiger partial charge in [-0.25, -0.2) is 4.98 Å². The number of para-hydroxylation sites is 1. The second-order valence-corrected chi connectivity index (χ2v) is 10.2. The second-order valence-electron chi connectivity index (χ2n) is 9.35. The molecule has 32 heavy (non-hydrogen) atoms. The molecule has 0 saturated carbocycles. The van der Waals surface area contributed by atoms with Crippen LogP contribution in [0.3, 0.4) is 0 Å². The van der Waals surface area contributed by atoms with Crippen LogP contribution in [0.5, 0.6) is 0 Å². The molecule has 5 nitrogen and oxygen atoms in total. The molecule has 0 atom stereocenters. The lowest BCUT2D eigenvalue weighted by Crippen LogP contribution is -2.25. The van der Waals surface area contributed by atoms with E-state index in [-0.39, 0.29) is 16.9 Å². The molecule has 4 aromatic rings. The third-order valence-electron chi connectivity index (χ3n) is 5.61. The first-order chi connectivity index (χ1) is 15.1. The maximum atomic E-state index is 13.8. The Balaban J connectivity index is 1.95. The zero-order chi connectivity index (χ0) is 23.2. The van der Waals surface area contributed by atoms with Gasteiger partial charge in [-0.2, -0.15) is 5.10 Å². The van der Waals surface area contributed by atoms with Crippen LogP contribution in [0.25, 0.3) is 16.7 Å². The summed E-state index contributed by atoms with van der Waals surface area (Å²) >= 11 is 13.0. The topological polar surface area (TPSA) is 63.6 Å². The third kappa shape index (κ3) is 4.07. The van der Waals surface area contributed by atoms with Crippen molar-refractivity contribution in [1.82, 2.24) is 19.7 Å². The fourth-order valence-electron chi connectivity index (χ4n) is 3.81. The molecule has 0 aliphatic heterocycles. The van der Waals surface area contributed by atoms with E-state index in [1.54, 1.807) is 18.2 Å². The molecule has 0 unspecified atom stereocenters. The molecule has 1 N–H and O–H groups in total. The molecule has 4 rings (SSSR count). The normalized spacial score (nSPS) is 12.1. The van der Waals surface area contributed by atoms with Gasteiger partial charge in [0.1, 0.15) is 11.2 Å². The predicted octanol–water partition coefficient (Wildman–Crippen LogP) is 6.43. The lowest BCUT2D eigenvalue weighted by Gasteiger charge is -2.19. The average Bonchev–Trinajstić information content (AvgIpc) is 3.14. The van der Waals surface area contributed by atoms with Crippen molar-refractivity contribution in [2.24, 2.45) is 0 Å². The predicted molar refractivity (Wildman–Crippen MR) is 132 cm³/mol. The van der Waals surface area contributed by atoms with E-state index in [9.17, 15) is 4.79 Å². The molecular formula is C25H26Cl2N4O. The number of nitrogens with one attached hydrogen (secondary N) is 1. The van der Waals surface area contributed by atoms with Gasteiger partial charge >= 0.3 is 0 Å². The molecule has 0 aliphatic carbocycles. The fourth-order valence-corrected chi connectivity index (χ4v) is 4.38. The Morgan fingerprint density at radius 1 is 1.03 bits per heavy atom. The van der Waals surface area contributed by atoms with E-state index >= 15 is 0 Å². The number of benzene rings is 2. The van der Waals surface area contributed by atoms with Gasteiger partial charge in [0, 0.05) is 6.42 Å². The molecule has 2 heterocycles. The smallest absolute Gasteiger partial charge is 0.269 e. The molecule has 0 saturated heterocycles. The van der Waals surface area contributed by atoms with Crippen molar-refractivity contribution in [2.75, 3.05) is 0 Å². The Morgan fingerprint density at radius 3 is 2.22 bits per heavy atom. The summed E-state index contributed by atoms with van der Waals surface area (Å²) in [6, 6.07) is 13.6. The van der Waals surface area contributed by atoms with Crippen molar-refractivity contribution in [3.63, 3.8) is 0 Å². The number of nitrogens with zero attached hydrogens (tertiary/aromatic N) is 3. The van der Waals surface area contributed by atoms with Gasteiger partial charge in [-0.3, -0.25) is 14.5 Å². The van der Waals surface area contributed by atoms with Crippen LogP contribution in [0.4, 0.5) is 0 Å². The number of halogens is 2. The molecular weight excluding hydrogens is 443 g/mol. The Morgan fingerprint density at radius 2 is 1.66 bits per heavy atom. The largest absolute Gasteiger partial charge is 0.279 e. The number of aromatic nitrogens is 4. The van der Waals surface area contributed by atoms with Crippen LogP contribution in [0.1, 0.15) is 63.2 Å². The van der Waals surface area contributed by atoms with E-state index < -0.39 is 0 Å². The van der Waals surface area contributed by atoms with Crippen molar-refractivity contribution in [1.29, 1.82) is 0 Å². The van der Waals surface area contributed by atoms with E-state index in [2.05, 4.69) is 55.2 Å². The summed E-state index contributed by atoms with van der Waals surface area (Å²) in [5.74, 6) is 0.614. The van der Waals surface area contributed by atoms with E-state index in [1.807, 2.05) is 13.8 Å². The zero-order valence-electron chi connectivity index (χ0n) is 18.8. The molecule has 0 aliphatic rings. The summed E-state index contributed by atoms with van der Waals surface area (Å²) in [5.41, 5.74) is 3.68. The maximum Gasteiger partial charge on any atom is 0.269 e. The number of fused-ring (bicyclic) bond motifs is 1. The van der Waals surface area contributed by atoms with Crippen molar-refractivity contribution < 1.29 is 0 Å². The lowest BCUT2D eigenvalue weighted by molar-refractivity contribution is 0.590. The van der Waals surface area contributed by atoms with Gasteiger partial charge in [0.2, 0.25) is 0 Å². The lowest BCUT2D eigenvalue weighted by atomic mass is 9.86. The molecule has 2 aromatic carbocycles. The number of H-pyrrole nitrogens is 1. The summed E-state index contributed by atoms with van der Waals surface area (Å²) in [6.45, 7) is 10.5. The van der Waals surface area contributed by atoms with Gasteiger partial charge in [-0.05, 0) is 34.6 Å². The van der Waals surface area contributed by atoms with Crippen LogP contribution in [-0.4, -0.2) is 19.7 Å². The Bertz CT molecular complexity index is 1330. The number of hydrogen-bond acceptors (Lipinski definition) is 3. The summed E-state index contributed by atoms with van der Waals surface area (Å²) < 4.78 is 1.53. The van der Waals surface area contributed by atoms with Crippen LogP contribution in [0.2, 0.25) is 10.0 Å². The summed E-state index contributed by atoms with van der Waals surface area (Å²) in [4.78, 5) is 18.5. The molecule has 166 valence electrons. The highest BCUT2D eigenvalue weighted by molar-refractivity contribution is 6.37. The van der Waals surface area contributed by atoms with E-state index in [0.717, 1.165) is 11.3 Å². The van der Waals surface area contributed by atoms with Crippen LogP contribution in [0.15, 0.2) is 47.3 Å². The minimum Gasteiger partial charge on any atom is -0.279 e. The summed E-state index contributed by atoms with van der Waals surface area (Å²) in [7, 11) is 0. The fraction of sp³-hybridized carbons (Fsp3) is 0.320. The number of hydrogen-bond donors (Lipinski definition) is 1. The SMILES string of the molecule is CC(C)c1[nH]nc2nc(Cc3ccc(C(C)(C)C)cc3)n(-c3c(Cl)cccc3Cl)c(=O)c12. The molecule has 0 fully saturated rings. The van der Waals surface area contributed by atoms with Crippen LogP contribution in [0, 0.1) is 0 Å². The highest BCUT2D eigenvalue weighted by Gasteiger charge is 2.22. The van der Waals surface area contributed by atoms with Gasteiger partial charge in [-0.15, -0.1) is 0 Å². The first-order valence-electron chi connectivity index (χ1n) is 10.6. The monoisotopic (exact) mass is 468 g/mol. The number of aromatic amines is 1. The Hall–Kier alpha value is -2.63. The quantitative estimate of drug-likeness (QED) is 0.375. The highest BCUT2D eigenvalue weighted by Crippen LogP contribution is 2.30. The minimum absolute atomic E-state index is 0.0607. The van der Waals surface area contributed by atoms with Gasteiger partial charge < -0.3 is 0 Å². The van der Waals surface area contributed by atoms with Crippen LogP contribution in [-0.2, 0) is 11.8 Å². The maximum absolute atomic E-state index is 13.8. The first kappa shape index (κ1) is 22.6. The summed E-state index contributed by atoms with van der Waals surface area (Å²) in [6.07, 6.45) is 0.432. The van der Waals surface area contributed by atoms with Crippen molar-refractivity contribution in [3.05, 3.63) is 85.5 Å². The van der Waals surface area contributed by atoms with Crippen molar-refractivity contribution in [2.45, 2.75) is 52.4 Å². The highest BCUT2D eigenvalue weighted by atomic mass is 35.5. The minimum atomic E-state index is -0.233. The molecule has 0 spiro atoms. The molecule has 0 amide bonds. The van der Waals surface area contributed by atoms with Crippen LogP contribution < -0.4 is 5.56 Å². The second kappa shape index (κ2) is 8.38. The molecule has 7 heteroatoms. The van der Waals surface area contributed by atoms with Crippen molar-refractivity contribution >= 4 is 34.2 Å². The molecule has 0 radical (unpaired) electrons. The molecule has 0 bridgehead atoms.